The minimum Gasteiger partial charge on any atom is -0.491 e. The molecular weight excluding hydrogens is 371 g/mol. The van der Waals surface area contributed by atoms with Gasteiger partial charge in [0.1, 0.15) is 12.4 Å². The molecule has 0 aromatic heterocycles. The Kier molecular flexibility index (Phi) is 5.76. The highest BCUT2D eigenvalue weighted by molar-refractivity contribution is 6.32. The first-order chi connectivity index (χ1) is 12.4. The normalized spacial score (nSPS) is 15.0. The van der Waals surface area contributed by atoms with Crippen molar-refractivity contribution in [2.24, 2.45) is 0 Å². The monoisotopic (exact) mass is 392 g/mol. The van der Waals surface area contributed by atoms with Gasteiger partial charge < -0.3 is 15.0 Å². The number of amides is 1. The van der Waals surface area contributed by atoms with Crippen molar-refractivity contribution in [3.05, 3.63) is 58.1 Å². The van der Waals surface area contributed by atoms with Gasteiger partial charge in [0.15, 0.2) is 0 Å². The van der Waals surface area contributed by atoms with Gasteiger partial charge in [-0.05, 0) is 62.8 Å². The van der Waals surface area contributed by atoms with Gasteiger partial charge in [0.25, 0.3) is 0 Å². The van der Waals surface area contributed by atoms with Gasteiger partial charge in [-0.15, -0.1) is 0 Å². The topological polar surface area (TPSA) is 41.6 Å². The van der Waals surface area contributed by atoms with Crippen LogP contribution in [0, 0.1) is 0 Å². The summed E-state index contributed by atoms with van der Waals surface area (Å²) in [5.74, 6) is 0.600. The first kappa shape index (κ1) is 19.0. The van der Waals surface area contributed by atoms with E-state index in [4.69, 9.17) is 27.9 Å². The Labute approximate surface area is 164 Å². The average Bonchev–Trinajstić information content (AvgIpc) is 3.39. The van der Waals surface area contributed by atoms with Crippen LogP contribution in [0.25, 0.3) is 0 Å². The molecule has 1 amide bonds. The summed E-state index contributed by atoms with van der Waals surface area (Å²) in [5.41, 5.74) is 1.20. The fourth-order valence-corrected chi connectivity index (χ4v) is 3.19. The van der Waals surface area contributed by atoms with Gasteiger partial charge in [0, 0.05) is 17.3 Å². The standard InChI is InChI=1S/C20H22Cl2N2O2/c1-24(2)11-12-26-18-8-7-16(13-17(18)22)23-19(25)20(9-10-20)14-3-5-15(21)6-4-14/h3-8,13H,9-12H2,1-2H3,(H,23,25). The number of nitrogens with one attached hydrogen (secondary N) is 1. The number of likely N-dealkylation sites (N-methyl/N-ethyl adjacent to an activating group) is 1. The van der Waals surface area contributed by atoms with E-state index in [1.165, 1.54) is 0 Å². The molecule has 26 heavy (non-hydrogen) atoms. The first-order valence-electron chi connectivity index (χ1n) is 8.55. The Morgan fingerprint density at radius 3 is 2.42 bits per heavy atom. The fourth-order valence-electron chi connectivity index (χ4n) is 2.83. The van der Waals surface area contributed by atoms with Crippen LogP contribution >= 0.6 is 23.2 Å². The minimum atomic E-state index is -0.460. The summed E-state index contributed by atoms with van der Waals surface area (Å²) >= 11 is 12.2. The number of benzene rings is 2. The summed E-state index contributed by atoms with van der Waals surface area (Å²) in [4.78, 5) is 14.8. The highest BCUT2D eigenvalue weighted by Crippen LogP contribution is 2.49. The predicted molar refractivity (Wildman–Crippen MR) is 106 cm³/mol. The van der Waals surface area contributed by atoms with Crippen molar-refractivity contribution >= 4 is 34.8 Å². The minimum absolute atomic E-state index is 0.0165. The molecule has 0 saturated heterocycles. The van der Waals surface area contributed by atoms with Gasteiger partial charge >= 0.3 is 0 Å². The third-order valence-corrected chi connectivity index (χ3v) is 5.11. The van der Waals surface area contributed by atoms with Crippen LogP contribution in [-0.2, 0) is 10.2 Å². The number of hydrogen-bond acceptors (Lipinski definition) is 3. The Bertz CT molecular complexity index is 787. The molecule has 0 bridgehead atoms. The maximum absolute atomic E-state index is 12.8. The van der Waals surface area contributed by atoms with Gasteiger partial charge in [-0.25, -0.2) is 0 Å². The van der Waals surface area contributed by atoms with Gasteiger partial charge in [-0.3, -0.25) is 4.79 Å². The Morgan fingerprint density at radius 1 is 1.15 bits per heavy atom. The smallest absolute Gasteiger partial charge is 0.235 e. The molecule has 6 heteroatoms. The van der Waals surface area contributed by atoms with Crippen LogP contribution in [0.1, 0.15) is 18.4 Å². The summed E-state index contributed by atoms with van der Waals surface area (Å²) < 4.78 is 5.67. The maximum Gasteiger partial charge on any atom is 0.235 e. The molecule has 0 aliphatic heterocycles. The fraction of sp³-hybridized carbons (Fsp3) is 0.350. The second kappa shape index (κ2) is 7.87. The van der Waals surface area contributed by atoms with Crippen LogP contribution in [0.4, 0.5) is 5.69 Å². The molecule has 2 aromatic carbocycles. The second-order valence-corrected chi connectivity index (χ2v) is 7.68. The van der Waals surface area contributed by atoms with Crippen molar-refractivity contribution < 1.29 is 9.53 Å². The number of carbonyl (C=O) groups is 1. The Morgan fingerprint density at radius 2 is 1.85 bits per heavy atom. The molecule has 0 radical (unpaired) electrons. The third-order valence-electron chi connectivity index (χ3n) is 4.57. The number of nitrogens with zero attached hydrogens (tertiary/aromatic N) is 1. The molecule has 0 spiro atoms. The zero-order valence-corrected chi connectivity index (χ0v) is 16.4. The van der Waals surface area contributed by atoms with Crippen LogP contribution < -0.4 is 10.1 Å². The third kappa shape index (κ3) is 4.32. The molecule has 1 fully saturated rings. The van der Waals surface area contributed by atoms with E-state index in [2.05, 4.69) is 5.32 Å². The molecule has 1 aliphatic carbocycles. The predicted octanol–water partition coefficient (Wildman–Crippen LogP) is 4.60. The molecule has 3 rings (SSSR count). The van der Waals surface area contributed by atoms with E-state index in [1.807, 2.05) is 49.3 Å². The molecule has 1 saturated carbocycles. The zero-order valence-electron chi connectivity index (χ0n) is 14.9. The lowest BCUT2D eigenvalue weighted by molar-refractivity contribution is -0.118. The van der Waals surface area contributed by atoms with E-state index in [0.29, 0.717) is 28.1 Å². The molecule has 0 unspecified atom stereocenters. The van der Waals surface area contributed by atoms with Crippen molar-refractivity contribution in [2.75, 3.05) is 32.6 Å². The summed E-state index contributed by atoms with van der Waals surface area (Å²) in [6, 6.07) is 12.8. The molecule has 0 heterocycles. The molecule has 1 aliphatic rings. The van der Waals surface area contributed by atoms with Crippen molar-refractivity contribution in [2.45, 2.75) is 18.3 Å². The van der Waals surface area contributed by atoms with Crippen molar-refractivity contribution in [1.29, 1.82) is 0 Å². The summed E-state index contributed by atoms with van der Waals surface area (Å²) in [7, 11) is 3.97. The molecule has 4 nitrogen and oxygen atoms in total. The number of halogens is 2. The molecule has 2 aromatic rings. The van der Waals surface area contributed by atoms with Crippen molar-refractivity contribution in [1.82, 2.24) is 4.90 Å². The van der Waals surface area contributed by atoms with Gasteiger partial charge in [-0.2, -0.15) is 0 Å². The zero-order chi connectivity index (χ0) is 18.7. The van der Waals surface area contributed by atoms with E-state index >= 15 is 0 Å². The number of rotatable bonds is 7. The van der Waals surface area contributed by atoms with Gasteiger partial charge in [-0.1, -0.05) is 35.3 Å². The van der Waals surface area contributed by atoms with Crippen molar-refractivity contribution in [3.8, 4) is 5.75 Å². The van der Waals surface area contributed by atoms with Gasteiger partial charge in [0.05, 0.1) is 10.4 Å². The van der Waals surface area contributed by atoms with Crippen molar-refractivity contribution in [3.63, 3.8) is 0 Å². The van der Waals surface area contributed by atoms with E-state index in [1.54, 1.807) is 12.1 Å². The van der Waals surface area contributed by atoms with Crippen LogP contribution in [-0.4, -0.2) is 38.1 Å². The number of hydrogen-bond donors (Lipinski definition) is 1. The van der Waals surface area contributed by atoms with Crippen LogP contribution in [0.5, 0.6) is 5.75 Å². The first-order valence-corrected chi connectivity index (χ1v) is 9.31. The van der Waals surface area contributed by atoms with Gasteiger partial charge in [0.2, 0.25) is 5.91 Å². The van der Waals surface area contributed by atoms with Crippen LogP contribution in [0.2, 0.25) is 10.0 Å². The summed E-state index contributed by atoms with van der Waals surface area (Å²) in [6.07, 6.45) is 1.67. The summed E-state index contributed by atoms with van der Waals surface area (Å²) in [5, 5.41) is 4.13. The number of ether oxygens (including phenoxy) is 1. The van der Waals surface area contributed by atoms with E-state index in [9.17, 15) is 4.79 Å². The second-order valence-electron chi connectivity index (χ2n) is 6.84. The van der Waals surface area contributed by atoms with E-state index in [0.717, 1.165) is 24.9 Å². The lowest BCUT2D eigenvalue weighted by Crippen LogP contribution is -2.27. The molecule has 1 N–H and O–H groups in total. The highest BCUT2D eigenvalue weighted by Gasteiger charge is 2.51. The lowest BCUT2D eigenvalue weighted by Gasteiger charge is -2.17. The SMILES string of the molecule is CN(C)CCOc1ccc(NC(=O)C2(c3ccc(Cl)cc3)CC2)cc1Cl. The Balaban J connectivity index is 1.66. The quantitative estimate of drug-likeness (QED) is 0.747. The number of anilines is 1. The highest BCUT2D eigenvalue weighted by atomic mass is 35.5. The molecule has 138 valence electrons. The van der Waals surface area contributed by atoms with E-state index < -0.39 is 5.41 Å². The average molecular weight is 393 g/mol. The molecule has 0 atom stereocenters. The number of carbonyl (C=O) groups excluding carboxylic acids is 1. The largest absolute Gasteiger partial charge is 0.491 e. The maximum atomic E-state index is 12.8. The van der Waals surface area contributed by atoms with Crippen LogP contribution in [0.3, 0.4) is 0 Å². The van der Waals surface area contributed by atoms with E-state index in [-0.39, 0.29) is 5.91 Å². The summed E-state index contributed by atoms with van der Waals surface area (Å²) in [6.45, 7) is 1.36. The molecular formula is C20H22Cl2N2O2. The Hall–Kier alpha value is -1.75. The van der Waals surface area contributed by atoms with Crippen LogP contribution in [0.15, 0.2) is 42.5 Å². The lowest BCUT2D eigenvalue weighted by atomic mass is 9.95.